The van der Waals surface area contributed by atoms with Crippen molar-refractivity contribution >= 4 is 11.8 Å². The Morgan fingerprint density at radius 1 is 1.47 bits per heavy atom. The van der Waals surface area contributed by atoms with Gasteiger partial charge >= 0.3 is 0 Å². The summed E-state index contributed by atoms with van der Waals surface area (Å²) in [5.41, 5.74) is 0. The standard InChI is InChI=1S/C12H19NOS/c1-9-6-7-10(14-9)8-13-11-4-3-5-12(11)15-2/h6-7,11-13H,3-5,8H2,1-2H3. The van der Waals surface area contributed by atoms with Crippen LogP contribution in [0.15, 0.2) is 16.5 Å². The maximum Gasteiger partial charge on any atom is 0.117 e. The lowest BCUT2D eigenvalue weighted by atomic mass is 10.2. The highest BCUT2D eigenvalue weighted by Crippen LogP contribution is 2.28. The van der Waals surface area contributed by atoms with Crippen LogP contribution in [0.2, 0.25) is 0 Å². The summed E-state index contributed by atoms with van der Waals surface area (Å²) in [6.45, 7) is 2.86. The lowest BCUT2D eigenvalue weighted by Crippen LogP contribution is -2.33. The van der Waals surface area contributed by atoms with Crippen LogP contribution in [0.3, 0.4) is 0 Å². The second-order valence-corrected chi connectivity index (χ2v) is 5.28. The Morgan fingerprint density at radius 2 is 2.33 bits per heavy atom. The van der Waals surface area contributed by atoms with E-state index < -0.39 is 0 Å². The van der Waals surface area contributed by atoms with Crippen molar-refractivity contribution in [1.29, 1.82) is 0 Å². The van der Waals surface area contributed by atoms with Crippen molar-refractivity contribution in [3.05, 3.63) is 23.7 Å². The van der Waals surface area contributed by atoms with Crippen molar-refractivity contribution in [2.75, 3.05) is 6.26 Å². The predicted octanol–water partition coefficient (Wildman–Crippen LogP) is 2.96. The van der Waals surface area contributed by atoms with Crippen molar-refractivity contribution in [3.8, 4) is 0 Å². The summed E-state index contributed by atoms with van der Waals surface area (Å²) in [7, 11) is 0. The molecule has 1 aromatic heterocycles. The highest BCUT2D eigenvalue weighted by Gasteiger charge is 2.25. The first-order valence-electron chi connectivity index (χ1n) is 5.61. The number of thioether (sulfide) groups is 1. The highest BCUT2D eigenvalue weighted by atomic mass is 32.2. The highest BCUT2D eigenvalue weighted by molar-refractivity contribution is 7.99. The molecular weight excluding hydrogens is 206 g/mol. The second-order valence-electron chi connectivity index (χ2n) is 4.20. The van der Waals surface area contributed by atoms with Crippen LogP contribution >= 0.6 is 11.8 Å². The Labute approximate surface area is 95.8 Å². The fraction of sp³-hybridized carbons (Fsp3) is 0.667. The molecule has 2 atom stereocenters. The summed E-state index contributed by atoms with van der Waals surface area (Å²) in [6.07, 6.45) is 6.24. The molecule has 0 aliphatic heterocycles. The van der Waals surface area contributed by atoms with Gasteiger partial charge in [-0.25, -0.2) is 0 Å². The zero-order valence-corrected chi connectivity index (χ0v) is 10.3. The molecule has 0 amide bonds. The molecule has 0 spiro atoms. The van der Waals surface area contributed by atoms with Crippen LogP contribution in [0.5, 0.6) is 0 Å². The van der Waals surface area contributed by atoms with E-state index >= 15 is 0 Å². The zero-order chi connectivity index (χ0) is 10.7. The van der Waals surface area contributed by atoms with Crippen molar-refractivity contribution in [1.82, 2.24) is 5.32 Å². The Hall–Kier alpha value is -0.410. The largest absolute Gasteiger partial charge is 0.465 e. The molecule has 1 fully saturated rings. The summed E-state index contributed by atoms with van der Waals surface area (Å²) in [5.74, 6) is 2.05. The van der Waals surface area contributed by atoms with Crippen LogP contribution in [0.4, 0.5) is 0 Å². The number of aryl methyl sites for hydroxylation is 1. The first kappa shape index (κ1) is 11.1. The van der Waals surface area contributed by atoms with Crippen molar-refractivity contribution in [2.24, 2.45) is 0 Å². The minimum atomic E-state index is 0.672. The topological polar surface area (TPSA) is 25.2 Å². The van der Waals surface area contributed by atoms with Crippen molar-refractivity contribution < 1.29 is 4.42 Å². The normalized spacial score (nSPS) is 26.0. The van der Waals surface area contributed by atoms with Crippen LogP contribution in [-0.2, 0) is 6.54 Å². The Morgan fingerprint density at radius 3 is 3.00 bits per heavy atom. The molecule has 2 unspecified atom stereocenters. The van der Waals surface area contributed by atoms with Crippen LogP contribution in [-0.4, -0.2) is 17.5 Å². The molecule has 2 rings (SSSR count). The molecule has 1 heterocycles. The van der Waals surface area contributed by atoms with Gasteiger partial charge < -0.3 is 9.73 Å². The quantitative estimate of drug-likeness (QED) is 0.853. The first-order chi connectivity index (χ1) is 7.29. The fourth-order valence-electron chi connectivity index (χ4n) is 2.25. The van der Waals surface area contributed by atoms with E-state index in [1.807, 2.05) is 24.8 Å². The molecule has 15 heavy (non-hydrogen) atoms. The third-order valence-electron chi connectivity index (χ3n) is 3.09. The smallest absolute Gasteiger partial charge is 0.117 e. The number of nitrogens with one attached hydrogen (secondary N) is 1. The van der Waals surface area contributed by atoms with Crippen LogP contribution < -0.4 is 5.32 Å². The zero-order valence-electron chi connectivity index (χ0n) is 9.45. The molecule has 0 saturated heterocycles. The van der Waals surface area contributed by atoms with Gasteiger partial charge in [-0.3, -0.25) is 0 Å². The van der Waals surface area contributed by atoms with Gasteiger partial charge in [-0.15, -0.1) is 0 Å². The van der Waals surface area contributed by atoms with Gasteiger partial charge in [0, 0.05) is 11.3 Å². The average molecular weight is 225 g/mol. The molecule has 3 heteroatoms. The summed E-state index contributed by atoms with van der Waals surface area (Å²) in [5, 5.41) is 4.39. The van der Waals surface area contributed by atoms with E-state index in [4.69, 9.17) is 4.42 Å². The van der Waals surface area contributed by atoms with E-state index in [0.717, 1.165) is 23.3 Å². The van der Waals surface area contributed by atoms with Gasteiger partial charge in [0.25, 0.3) is 0 Å². The molecule has 2 nitrogen and oxygen atoms in total. The third-order valence-corrected chi connectivity index (χ3v) is 4.26. The molecule has 0 radical (unpaired) electrons. The summed E-state index contributed by atoms with van der Waals surface area (Å²) < 4.78 is 5.54. The first-order valence-corrected chi connectivity index (χ1v) is 6.90. The second kappa shape index (κ2) is 5.08. The van der Waals surface area contributed by atoms with Gasteiger partial charge in [0.05, 0.1) is 6.54 Å². The van der Waals surface area contributed by atoms with Gasteiger partial charge in [0.2, 0.25) is 0 Å². The average Bonchev–Trinajstić information content (AvgIpc) is 2.83. The van der Waals surface area contributed by atoms with E-state index in [1.54, 1.807) is 0 Å². The van der Waals surface area contributed by atoms with E-state index in [2.05, 4.69) is 17.6 Å². The Balaban J connectivity index is 1.82. The summed E-state index contributed by atoms with van der Waals surface area (Å²) >= 11 is 1.99. The lowest BCUT2D eigenvalue weighted by Gasteiger charge is -2.18. The monoisotopic (exact) mass is 225 g/mol. The predicted molar refractivity (Wildman–Crippen MR) is 65.2 cm³/mol. The third kappa shape index (κ3) is 2.79. The van der Waals surface area contributed by atoms with Gasteiger partial charge in [-0.2, -0.15) is 11.8 Å². The molecular formula is C12H19NOS. The van der Waals surface area contributed by atoms with E-state index in [9.17, 15) is 0 Å². The molecule has 1 aliphatic rings. The number of hydrogen-bond acceptors (Lipinski definition) is 3. The van der Waals surface area contributed by atoms with Gasteiger partial charge in [0.1, 0.15) is 11.5 Å². The van der Waals surface area contributed by atoms with Crippen molar-refractivity contribution in [2.45, 2.75) is 44.0 Å². The minimum absolute atomic E-state index is 0.672. The molecule has 0 aromatic carbocycles. The molecule has 84 valence electrons. The number of hydrogen-bond donors (Lipinski definition) is 1. The van der Waals surface area contributed by atoms with Gasteiger partial charge in [-0.1, -0.05) is 6.42 Å². The Kier molecular flexibility index (Phi) is 3.76. The SMILES string of the molecule is CSC1CCCC1NCc1ccc(C)o1. The van der Waals surface area contributed by atoms with Crippen LogP contribution in [0.25, 0.3) is 0 Å². The van der Waals surface area contributed by atoms with Crippen molar-refractivity contribution in [3.63, 3.8) is 0 Å². The molecule has 1 saturated carbocycles. The maximum atomic E-state index is 5.54. The Bertz CT molecular complexity index is 310. The molecule has 1 aromatic rings. The number of rotatable bonds is 4. The molecule has 1 N–H and O–H groups in total. The van der Waals surface area contributed by atoms with Crippen LogP contribution in [0, 0.1) is 6.92 Å². The minimum Gasteiger partial charge on any atom is -0.465 e. The maximum absolute atomic E-state index is 5.54. The number of furan rings is 1. The fourth-order valence-corrected chi connectivity index (χ4v) is 3.22. The van der Waals surface area contributed by atoms with Gasteiger partial charge in [-0.05, 0) is 38.2 Å². The summed E-state index contributed by atoms with van der Waals surface area (Å²) in [6, 6.07) is 4.76. The van der Waals surface area contributed by atoms with E-state index in [-0.39, 0.29) is 0 Å². The van der Waals surface area contributed by atoms with Crippen LogP contribution in [0.1, 0.15) is 30.8 Å². The summed E-state index contributed by atoms with van der Waals surface area (Å²) in [4.78, 5) is 0. The van der Waals surface area contributed by atoms with E-state index in [1.165, 1.54) is 19.3 Å². The van der Waals surface area contributed by atoms with Gasteiger partial charge in [0.15, 0.2) is 0 Å². The lowest BCUT2D eigenvalue weighted by molar-refractivity contribution is 0.435. The van der Waals surface area contributed by atoms with E-state index in [0.29, 0.717) is 6.04 Å². The molecule has 1 aliphatic carbocycles. The molecule has 0 bridgehead atoms.